The van der Waals surface area contributed by atoms with Gasteiger partial charge >= 0.3 is 6.18 Å². The third-order valence-electron chi connectivity index (χ3n) is 5.41. The Labute approximate surface area is 196 Å². The van der Waals surface area contributed by atoms with E-state index in [-0.39, 0.29) is 34.4 Å². The number of anilines is 1. The summed E-state index contributed by atoms with van der Waals surface area (Å²) in [5, 5.41) is 5.65. The van der Waals surface area contributed by atoms with Crippen molar-refractivity contribution in [3.8, 4) is 0 Å². The molecule has 11 heteroatoms. The zero-order valence-electron chi connectivity index (χ0n) is 18.6. The van der Waals surface area contributed by atoms with E-state index in [0.717, 1.165) is 27.9 Å². The molecule has 0 radical (unpaired) electrons. The van der Waals surface area contributed by atoms with Crippen LogP contribution in [0.25, 0.3) is 10.9 Å². The highest BCUT2D eigenvalue weighted by atomic mass is 19.4. The zero-order chi connectivity index (χ0) is 25.5. The van der Waals surface area contributed by atoms with Crippen LogP contribution in [0.3, 0.4) is 0 Å². The lowest BCUT2D eigenvalue weighted by molar-refractivity contribution is -0.140. The number of fused-ring (bicyclic) bond motifs is 1. The fourth-order valence-electron chi connectivity index (χ4n) is 3.76. The largest absolute Gasteiger partial charge is 0.437 e. The number of nitrogens with zero attached hydrogens (tertiary/aromatic N) is 3. The molecule has 3 N–H and O–H groups in total. The Hall–Kier alpha value is -4.28. The van der Waals surface area contributed by atoms with Gasteiger partial charge in [-0.05, 0) is 37.6 Å². The number of alkyl halides is 3. The molecule has 0 saturated heterocycles. The van der Waals surface area contributed by atoms with E-state index >= 15 is 0 Å². The van der Waals surface area contributed by atoms with E-state index in [1.165, 1.54) is 19.1 Å². The molecule has 0 unspecified atom stereocenters. The second-order valence-corrected chi connectivity index (χ2v) is 7.96. The van der Waals surface area contributed by atoms with E-state index in [1.54, 1.807) is 12.1 Å². The van der Waals surface area contributed by atoms with Crippen LogP contribution < -0.4 is 11.1 Å². The Morgan fingerprint density at radius 1 is 1.09 bits per heavy atom. The normalized spacial score (nSPS) is 11.6. The van der Waals surface area contributed by atoms with Gasteiger partial charge in [-0.3, -0.25) is 14.3 Å². The average molecular weight is 485 g/mol. The fourth-order valence-corrected chi connectivity index (χ4v) is 3.76. The first-order valence-corrected chi connectivity index (χ1v) is 10.4. The van der Waals surface area contributed by atoms with Gasteiger partial charge in [-0.1, -0.05) is 35.9 Å². The summed E-state index contributed by atoms with van der Waals surface area (Å²) in [5.74, 6) is -2.89. The number of primary amides is 1. The number of nitrogens with two attached hydrogens (primary N) is 1. The molecule has 0 aliphatic carbocycles. The van der Waals surface area contributed by atoms with Gasteiger partial charge in [0.15, 0.2) is 5.69 Å². The minimum absolute atomic E-state index is 0.0328. The Bertz CT molecular complexity index is 1480. The van der Waals surface area contributed by atoms with Gasteiger partial charge < -0.3 is 11.1 Å². The van der Waals surface area contributed by atoms with E-state index in [2.05, 4.69) is 15.4 Å². The average Bonchev–Trinajstić information content (AvgIpc) is 3.08. The second kappa shape index (κ2) is 8.82. The quantitative estimate of drug-likeness (QED) is 0.403. The number of carbonyl (C=O) groups is 2. The van der Waals surface area contributed by atoms with Crippen LogP contribution in [0.5, 0.6) is 0 Å². The van der Waals surface area contributed by atoms with Crippen molar-refractivity contribution < 1.29 is 27.2 Å². The number of aryl methyl sites for hydroxylation is 1. The molecule has 2 aromatic heterocycles. The minimum atomic E-state index is -4.88. The molecule has 180 valence electrons. The molecule has 4 aromatic rings. The van der Waals surface area contributed by atoms with Gasteiger partial charge in [0.2, 0.25) is 0 Å². The minimum Gasteiger partial charge on any atom is -0.364 e. The van der Waals surface area contributed by atoms with Crippen LogP contribution >= 0.6 is 0 Å². The summed E-state index contributed by atoms with van der Waals surface area (Å²) in [6, 6.07) is 11.9. The van der Waals surface area contributed by atoms with Crippen LogP contribution in [-0.2, 0) is 12.7 Å². The standard InChI is InChI=1S/C24H19F4N5O2/c1-12-5-3-6-14(9-12)11-33-13(2)20(21(32-33)24(26,27)28)31-23(35)15-10-18(22(29)34)30-17-8-4-7-16(25)19(15)17/h3-10H,11H2,1-2H3,(H2,29,34)(H,31,35). The van der Waals surface area contributed by atoms with Crippen molar-refractivity contribution in [3.05, 3.63) is 88.1 Å². The molecule has 2 aromatic carbocycles. The topological polar surface area (TPSA) is 103 Å². The number of nitrogens with one attached hydrogen (secondary N) is 1. The van der Waals surface area contributed by atoms with Crippen LogP contribution in [0.2, 0.25) is 0 Å². The molecule has 0 spiro atoms. The molecule has 0 fully saturated rings. The van der Waals surface area contributed by atoms with Crippen molar-refractivity contribution in [2.45, 2.75) is 26.6 Å². The number of aromatic nitrogens is 3. The smallest absolute Gasteiger partial charge is 0.364 e. The SMILES string of the molecule is Cc1cccc(Cn2nc(C(F)(F)F)c(NC(=O)c3cc(C(N)=O)nc4cccc(F)c34)c2C)c1. The molecule has 2 heterocycles. The molecular weight excluding hydrogens is 466 g/mol. The Kier molecular flexibility index (Phi) is 6.01. The second-order valence-electron chi connectivity index (χ2n) is 7.96. The lowest BCUT2D eigenvalue weighted by Crippen LogP contribution is -2.20. The van der Waals surface area contributed by atoms with E-state index in [9.17, 15) is 27.2 Å². The number of hydrogen-bond donors (Lipinski definition) is 2. The molecule has 35 heavy (non-hydrogen) atoms. The number of rotatable bonds is 5. The predicted octanol–water partition coefficient (Wildman–Crippen LogP) is 4.61. The maximum Gasteiger partial charge on any atom is 0.437 e. The maximum absolute atomic E-state index is 14.6. The van der Waals surface area contributed by atoms with Gasteiger partial charge in [0.25, 0.3) is 11.8 Å². The van der Waals surface area contributed by atoms with Crippen molar-refractivity contribution in [1.29, 1.82) is 0 Å². The van der Waals surface area contributed by atoms with Crippen molar-refractivity contribution in [3.63, 3.8) is 0 Å². The third kappa shape index (κ3) is 4.70. The van der Waals surface area contributed by atoms with Crippen LogP contribution in [0.4, 0.5) is 23.2 Å². The molecule has 4 rings (SSSR count). The fraction of sp³-hybridized carbons (Fsp3) is 0.167. The molecule has 0 saturated carbocycles. The molecular formula is C24H19F4N5O2. The Morgan fingerprint density at radius 3 is 2.46 bits per heavy atom. The van der Waals surface area contributed by atoms with E-state index in [1.807, 2.05) is 19.1 Å². The summed E-state index contributed by atoms with van der Waals surface area (Å²) in [7, 11) is 0. The number of amides is 2. The highest BCUT2D eigenvalue weighted by molar-refractivity contribution is 6.14. The van der Waals surface area contributed by atoms with Crippen LogP contribution in [0.1, 0.15) is 43.4 Å². The van der Waals surface area contributed by atoms with E-state index in [4.69, 9.17) is 5.73 Å². The molecule has 0 bridgehead atoms. The predicted molar refractivity (Wildman–Crippen MR) is 120 cm³/mol. The van der Waals surface area contributed by atoms with Crippen molar-refractivity contribution >= 4 is 28.4 Å². The number of hydrogen-bond acceptors (Lipinski definition) is 4. The molecule has 2 amide bonds. The summed E-state index contributed by atoms with van der Waals surface area (Å²) >= 11 is 0. The van der Waals surface area contributed by atoms with Gasteiger partial charge in [-0.15, -0.1) is 0 Å². The first-order chi connectivity index (χ1) is 16.5. The van der Waals surface area contributed by atoms with Crippen molar-refractivity contribution in [2.24, 2.45) is 5.73 Å². The van der Waals surface area contributed by atoms with Crippen LogP contribution in [0.15, 0.2) is 48.5 Å². The molecule has 0 atom stereocenters. The van der Waals surface area contributed by atoms with Crippen LogP contribution in [-0.4, -0.2) is 26.6 Å². The Morgan fingerprint density at radius 2 is 1.80 bits per heavy atom. The third-order valence-corrected chi connectivity index (χ3v) is 5.41. The van der Waals surface area contributed by atoms with E-state index in [0.29, 0.717) is 0 Å². The maximum atomic E-state index is 14.6. The van der Waals surface area contributed by atoms with Crippen molar-refractivity contribution in [1.82, 2.24) is 14.8 Å². The lowest BCUT2D eigenvalue weighted by atomic mass is 10.1. The number of pyridine rings is 1. The monoisotopic (exact) mass is 485 g/mol. The van der Waals surface area contributed by atoms with Gasteiger partial charge in [0.1, 0.15) is 11.5 Å². The van der Waals surface area contributed by atoms with Gasteiger partial charge in [-0.25, -0.2) is 9.37 Å². The zero-order valence-corrected chi connectivity index (χ0v) is 18.6. The molecule has 0 aliphatic rings. The summed E-state index contributed by atoms with van der Waals surface area (Å²) in [6.45, 7) is 3.27. The van der Waals surface area contributed by atoms with Crippen LogP contribution in [0, 0.1) is 19.7 Å². The number of halogens is 4. The van der Waals surface area contributed by atoms with Gasteiger partial charge in [-0.2, -0.15) is 18.3 Å². The number of carbonyl (C=O) groups excluding carboxylic acids is 2. The lowest BCUT2D eigenvalue weighted by Gasteiger charge is -2.12. The summed E-state index contributed by atoms with van der Waals surface area (Å²) in [4.78, 5) is 28.7. The first-order valence-electron chi connectivity index (χ1n) is 10.4. The van der Waals surface area contributed by atoms with Gasteiger partial charge in [0.05, 0.1) is 29.0 Å². The summed E-state index contributed by atoms with van der Waals surface area (Å²) < 4.78 is 57.2. The van der Waals surface area contributed by atoms with Crippen molar-refractivity contribution in [2.75, 3.05) is 5.32 Å². The molecule has 0 aliphatic heterocycles. The summed E-state index contributed by atoms with van der Waals surface area (Å²) in [6.07, 6.45) is -4.88. The summed E-state index contributed by atoms with van der Waals surface area (Å²) in [5.41, 5.74) is 4.31. The highest BCUT2D eigenvalue weighted by Crippen LogP contribution is 2.36. The highest BCUT2D eigenvalue weighted by Gasteiger charge is 2.39. The Balaban J connectivity index is 1.80. The molecule has 7 nitrogen and oxygen atoms in total. The van der Waals surface area contributed by atoms with Gasteiger partial charge in [0, 0.05) is 5.39 Å². The first kappa shape index (κ1) is 23.9. The number of benzene rings is 2. The van der Waals surface area contributed by atoms with E-state index < -0.39 is 35.2 Å².